The highest BCUT2D eigenvalue weighted by atomic mass is 32.2. The average Bonchev–Trinajstić information content (AvgIpc) is 2.74. The lowest BCUT2D eigenvalue weighted by atomic mass is 10.1. The fraction of sp³-hybridized carbons (Fsp3) is 0.381. The second kappa shape index (κ2) is 9.35. The van der Waals surface area contributed by atoms with E-state index in [0.717, 1.165) is 25.3 Å². The Morgan fingerprint density at radius 1 is 1.00 bits per heavy atom. The summed E-state index contributed by atoms with van der Waals surface area (Å²) in [4.78, 5) is 12.3. The highest BCUT2D eigenvalue weighted by molar-refractivity contribution is 7.89. The summed E-state index contributed by atoms with van der Waals surface area (Å²) in [5.41, 5.74) is -0.889. The number of carbonyl (C=O) groups excluding carboxylic acids is 1. The molecule has 2 aromatic rings. The number of nitrogens with zero attached hydrogens (tertiary/aromatic N) is 1. The van der Waals surface area contributed by atoms with Crippen LogP contribution in [0.4, 0.5) is 23.2 Å². The van der Waals surface area contributed by atoms with E-state index >= 15 is 0 Å². The molecule has 0 aromatic heterocycles. The summed E-state index contributed by atoms with van der Waals surface area (Å²) in [6.45, 7) is 1.01. The Kier molecular flexibility index (Phi) is 7.00. The van der Waals surface area contributed by atoms with Gasteiger partial charge in [0.25, 0.3) is 0 Å². The molecule has 1 fully saturated rings. The van der Waals surface area contributed by atoms with Crippen LogP contribution in [0.2, 0.25) is 0 Å². The lowest BCUT2D eigenvalue weighted by Crippen LogP contribution is -2.35. The third kappa shape index (κ3) is 5.82. The molecule has 1 heterocycles. The van der Waals surface area contributed by atoms with Crippen molar-refractivity contribution in [2.45, 2.75) is 43.2 Å². The number of aryl methyl sites for hydroxylation is 1. The SMILES string of the molecule is O=C(CCc1ccc(S(=O)(=O)N2CCCCC2)cc1)Nc1ccc(F)c(C(F)(F)F)c1. The molecule has 168 valence electrons. The van der Waals surface area contributed by atoms with Crippen LogP contribution < -0.4 is 5.32 Å². The fourth-order valence-electron chi connectivity index (χ4n) is 3.38. The van der Waals surface area contributed by atoms with Gasteiger partial charge < -0.3 is 5.32 Å². The van der Waals surface area contributed by atoms with Crippen LogP contribution in [0, 0.1) is 5.82 Å². The molecule has 0 saturated carbocycles. The van der Waals surface area contributed by atoms with E-state index in [1.807, 2.05) is 0 Å². The van der Waals surface area contributed by atoms with Crippen molar-refractivity contribution in [2.24, 2.45) is 0 Å². The van der Waals surface area contributed by atoms with Gasteiger partial charge in [0.1, 0.15) is 5.82 Å². The normalized spacial score (nSPS) is 15.6. The number of piperidine rings is 1. The molecule has 2 aromatic carbocycles. The van der Waals surface area contributed by atoms with Crippen LogP contribution in [-0.2, 0) is 27.4 Å². The van der Waals surface area contributed by atoms with Crippen LogP contribution in [-0.4, -0.2) is 31.7 Å². The van der Waals surface area contributed by atoms with E-state index in [9.17, 15) is 30.8 Å². The van der Waals surface area contributed by atoms with Gasteiger partial charge >= 0.3 is 6.18 Å². The van der Waals surface area contributed by atoms with Crippen LogP contribution in [0.3, 0.4) is 0 Å². The summed E-state index contributed by atoms with van der Waals surface area (Å²) in [5, 5.41) is 2.32. The van der Waals surface area contributed by atoms with Crippen LogP contribution in [0.5, 0.6) is 0 Å². The zero-order valence-electron chi connectivity index (χ0n) is 16.6. The Bertz CT molecular complexity index is 1030. The topological polar surface area (TPSA) is 66.5 Å². The van der Waals surface area contributed by atoms with Crippen molar-refractivity contribution in [1.29, 1.82) is 0 Å². The quantitative estimate of drug-likeness (QED) is 0.644. The van der Waals surface area contributed by atoms with Gasteiger partial charge in [0.2, 0.25) is 15.9 Å². The monoisotopic (exact) mass is 458 g/mol. The van der Waals surface area contributed by atoms with E-state index in [0.29, 0.717) is 30.8 Å². The van der Waals surface area contributed by atoms with Crippen molar-refractivity contribution in [2.75, 3.05) is 18.4 Å². The van der Waals surface area contributed by atoms with Crippen molar-refractivity contribution < 1.29 is 30.8 Å². The molecule has 0 bridgehead atoms. The van der Waals surface area contributed by atoms with E-state index in [2.05, 4.69) is 5.32 Å². The number of benzene rings is 2. The third-order valence-corrected chi connectivity index (χ3v) is 6.99. The smallest absolute Gasteiger partial charge is 0.326 e. The standard InChI is InChI=1S/C21H22F4N2O3S/c22-19-10-7-16(14-18(19)21(23,24)25)26-20(28)11-6-15-4-8-17(9-5-15)31(29,30)27-12-2-1-3-13-27/h4-5,7-10,14H,1-3,6,11-13H2,(H,26,28). The minimum absolute atomic E-state index is 0.0308. The van der Waals surface area contributed by atoms with Crippen LogP contribution >= 0.6 is 0 Å². The van der Waals surface area contributed by atoms with Crippen molar-refractivity contribution in [3.05, 3.63) is 59.4 Å². The Balaban J connectivity index is 1.58. The first-order chi connectivity index (χ1) is 14.6. The van der Waals surface area contributed by atoms with E-state index in [4.69, 9.17) is 0 Å². The molecule has 3 rings (SSSR count). The second-order valence-corrected chi connectivity index (χ2v) is 9.29. The van der Waals surface area contributed by atoms with Gasteiger partial charge in [-0.1, -0.05) is 18.6 Å². The summed E-state index contributed by atoms with van der Waals surface area (Å²) in [6, 6.07) is 8.48. The molecule has 10 heteroatoms. The first kappa shape index (κ1) is 23.2. The van der Waals surface area contributed by atoms with Crippen LogP contribution in [0.1, 0.15) is 36.8 Å². The van der Waals surface area contributed by atoms with Crippen molar-refractivity contribution in [3.8, 4) is 0 Å². The number of carbonyl (C=O) groups is 1. The highest BCUT2D eigenvalue weighted by Gasteiger charge is 2.34. The first-order valence-corrected chi connectivity index (χ1v) is 11.3. The molecule has 0 spiro atoms. The molecule has 1 aliphatic heterocycles. The number of hydrogen-bond donors (Lipinski definition) is 1. The zero-order valence-corrected chi connectivity index (χ0v) is 17.4. The lowest BCUT2D eigenvalue weighted by Gasteiger charge is -2.25. The maximum absolute atomic E-state index is 13.3. The Labute approximate surface area is 178 Å². The number of alkyl halides is 3. The predicted molar refractivity (Wildman–Crippen MR) is 107 cm³/mol. The summed E-state index contributed by atoms with van der Waals surface area (Å²) < 4.78 is 78.4. The number of halogens is 4. The molecule has 0 radical (unpaired) electrons. The minimum atomic E-state index is -4.86. The molecule has 1 amide bonds. The van der Waals surface area contributed by atoms with Crippen molar-refractivity contribution >= 4 is 21.6 Å². The van der Waals surface area contributed by atoms with Gasteiger partial charge in [0.05, 0.1) is 10.5 Å². The summed E-state index contributed by atoms with van der Waals surface area (Å²) in [5.74, 6) is -1.95. The van der Waals surface area contributed by atoms with Crippen molar-refractivity contribution in [1.82, 2.24) is 4.31 Å². The highest BCUT2D eigenvalue weighted by Crippen LogP contribution is 2.33. The number of amides is 1. The van der Waals surface area contributed by atoms with E-state index in [1.165, 1.54) is 16.4 Å². The van der Waals surface area contributed by atoms with Gasteiger partial charge in [0.15, 0.2) is 0 Å². The molecule has 1 N–H and O–H groups in total. The van der Waals surface area contributed by atoms with Gasteiger partial charge in [-0.3, -0.25) is 4.79 Å². The second-order valence-electron chi connectivity index (χ2n) is 7.35. The van der Waals surface area contributed by atoms with Gasteiger partial charge in [0, 0.05) is 25.2 Å². The van der Waals surface area contributed by atoms with E-state index in [-0.39, 0.29) is 23.4 Å². The van der Waals surface area contributed by atoms with Crippen molar-refractivity contribution in [3.63, 3.8) is 0 Å². The summed E-state index contributed by atoms with van der Waals surface area (Å²) >= 11 is 0. The summed E-state index contributed by atoms with van der Waals surface area (Å²) in [7, 11) is -3.54. The van der Waals surface area contributed by atoms with Gasteiger partial charge in [-0.05, 0) is 55.2 Å². The number of nitrogens with one attached hydrogen (secondary N) is 1. The molecule has 1 aliphatic rings. The summed E-state index contributed by atoms with van der Waals surface area (Å²) in [6.07, 6.45) is -1.93. The zero-order chi connectivity index (χ0) is 22.6. The Morgan fingerprint density at radius 3 is 2.26 bits per heavy atom. The number of sulfonamides is 1. The molecule has 0 atom stereocenters. The molecule has 0 unspecified atom stereocenters. The largest absolute Gasteiger partial charge is 0.419 e. The number of anilines is 1. The third-order valence-electron chi connectivity index (χ3n) is 5.07. The molecule has 1 saturated heterocycles. The maximum atomic E-state index is 13.3. The molecule has 5 nitrogen and oxygen atoms in total. The molecule has 31 heavy (non-hydrogen) atoms. The average molecular weight is 458 g/mol. The van der Waals surface area contributed by atoms with Crippen LogP contribution in [0.15, 0.2) is 47.4 Å². The molecular weight excluding hydrogens is 436 g/mol. The van der Waals surface area contributed by atoms with Gasteiger partial charge in [-0.25, -0.2) is 12.8 Å². The molecular formula is C21H22F4N2O3S. The number of hydrogen-bond acceptors (Lipinski definition) is 3. The van der Waals surface area contributed by atoms with Gasteiger partial charge in [-0.15, -0.1) is 0 Å². The van der Waals surface area contributed by atoms with E-state index in [1.54, 1.807) is 12.1 Å². The fourth-order valence-corrected chi connectivity index (χ4v) is 4.90. The Hall–Kier alpha value is -2.46. The minimum Gasteiger partial charge on any atom is -0.326 e. The van der Waals surface area contributed by atoms with E-state index < -0.39 is 33.5 Å². The first-order valence-electron chi connectivity index (χ1n) is 9.83. The Morgan fingerprint density at radius 2 is 1.65 bits per heavy atom. The van der Waals surface area contributed by atoms with Gasteiger partial charge in [-0.2, -0.15) is 17.5 Å². The predicted octanol–water partition coefficient (Wildman–Crippen LogP) is 4.59. The van der Waals surface area contributed by atoms with Crippen LogP contribution in [0.25, 0.3) is 0 Å². The lowest BCUT2D eigenvalue weighted by molar-refractivity contribution is -0.140. The molecule has 0 aliphatic carbocycles. The number of rotatable bonds is 6. The maximum Gasteiger partial charge on any atom is 0.419 e.